The number of carbonyl (C=O) groups excluding carboxylic acids is 1. The molecule has 0 unspecified atom stereocenters. The van der Waals surface area contributed by atoms with Gasteiger partial charge in [0.25, 0.3) is 0 Å². The lowest BCUT2D eigenvalue weighted by Crippen LogP contribution is -2.44. The lowest BCUT2D eigenvalue weighted by Gasteiger charge is -2.33. The first-order valence-corrected chi connectivity index (χ1v) is 5.28. The van der Waals surface area contributed by atoms with E-state index in [1.807, 2.05) is 27.8 Å². The van der Waals surface area contributed by atoms with E-state index < -0.39 is 0 Å². The summed E-state index contributed by atoms with van der Waals surface area (Å²) in [6, 6.07) is 0. The van der Waals surface area contributed by atoms with Crippen molar-refractivity contribution in [2.75, 3.05) is 20.2 Å². The topological polar surface area (TPSA) is 40.5 Å². The molecule has 0 radical (unpaired) electrons. The molecule has 0 aromatic heterocycles. The number of carbonyl (C=O) groups is 1. The van der Waals surface area contributed by atoms with Crippen molar-refractivity contribution in [1.29, 1.82) is 0 Å². The van der Waals surface area contributed by atoms with E-state index in [1.54, 1.807) is 0 Å². The first kappa shape index (κ1) is 13.6. The van der Waals surface area contributed by atoms with E-state index in [0.717, 1.165) is 13.0 Å². The van der Waals surface area contributed by atoms with Gasteiger partial charge in [0, 0.05) is 18.4 Å². The van der Waals surface area contributed by atoms with Crippen LogP contribution >= 0.6 is 0 Å². The third kappa shape index (κ3) is 4.72. The summed E-state index contributed by atoms with van der Waals surface area (Å²) in [6.07, 6.45) is 2.17. The standard InChI is InChI=1S/C11H23NO2/c1-5-10(14)7-6-8-12(4)11(2,3)9-13/h13H,5-9H2,1-4H3. The van der Waals surface area contributed by atoms with Crippen molar-refractivity contribution >= 4 is 5.78 Å². The lowest BCUT2D eigenvalue weighted by atomic mass is 10.0. The molecule has 0 aromatic carbocycles. The number of hydrogen-bond acceptors (Lipinski definition) is 3. The second kappa shape index (κ2) is 6.14. The highest BCUT2D eigenvalue weighted by Gasteiger charge is 2.21. The second-order valence-electron chi connectivity index (χ2n) is 4.39. The number of aliphatic hydroxyl groups excluding tert-OH is 1. The minimum Gasteiger partial charge on any atom is -0.394 e. The average Bonchev–Trinajstić information content (AvgIpc) is 2.17. The Kier molecular flexibility index (Phi) is 5.96. The van der Waals surface area contributed by atoms with Crippen molar-refractivity contribution < 1.29 is 9.90 Å². The Labute approximate surface area is 87.1 Å². The summed E-state index contributed by atoms with van der Waals surface area (Å²) in [5.41, 5.74) is -0.185. The Morgan fingerprint density at radius 1 is 1.43 bits per heavy atom. The van der Waals surface area contributed by atoms with Crippen LogP contribution in [0.5, 0.6) is 0 Å². The number of rotatable bonds is 7. The number of nitrogens with zero attached hydrogens (tertiary/aromatic N) is 1. The third-order valence-corrected chi connectivity index (χ3v) is 2.76. The molecule has 0 bridgehead atoms. The molecule has 0 amide bonds. The van der Waals surface area contributed by atoms with Crippen LogP contribution in [-0.2, 0) is 4.79 Å². The van der Waals surface area contributed by atoms with E-state index in [1.165, 1.54) is 0 Å². The highest BCUT2D eigenvalue weighted by Crippen LogP contribution is 2.11. The summed E-state index contributed by atoms with van der Waals surface area (Å²) in [7, 11) is 1.98. The molecule has 0 aliphatic rings. The van der Waals surface area contributed by atoms with Crippen molar-refractivity contribution in [2.45, 2.75) is 45.6 Å². The van der Waals surface area contributed by atoms with E-state index in [4.69, 9.17) is 5.11 Å². The van der Waals surface area contributed by atoms with Crippen LogP contribution in [0.1, 0.15) is 40.0 Å². The molecule has 1 N–H and O–H groups in total. The molecule has 0 heterocycles. The molecule has 84 valence electrons. The Morgan fingerprint density at radius 3 is 2.43 bits per heavy atom. The summed E-state index contributed by atoms with van der Waals surface area (Å²) in [5.74, 6) is 0.320. The average molecular weight is 201 g/mol. The molecule has 0 rings (SSSR count). The first-order valence-electron chi connectivity index (χ1n) is 5.28. The minimum absolute atomic E-state index is 0.144. The Hall–Kier alpha value is -0.410. The molecule has 3 heteroatoms. The molecule has 3 nitrogen and oxygen atoms in total. The molecular weight excluding hydrogens is 178 g/mol. The van der Waals surface area contributed by atoms with Crippen LogP contribution < -0.4 is 0 Å². The van der Waals surface area contributed by atoms with Crippen molar-refractivity contribution in [3.05, 3.63) is 0 Å². The molecule has 0 saturated carbocycles. The van der Waals surface area contributed by atoms with Crippen LogP contribution in [-0.4, -0.2) is 41.5 Å². The van der Waals surface area contributed by atoms with Crippen molar-refractivity contribution in [3.8, 4) is 0 Å². The monoisotopic (exact) mass is 201 g/mol. The number of hydrogen-bond donors (Lipinski definition) is 1. The van der Waals surface area contributed by atoms with Gasteiger partial charge in [0.05, 0.1) is 6.61 Å². The maximum Gasteiger partial charge on any atom is 0.132 e. The van der Waals surface area contributed by atoms with Gasteiger partial charge >= 0.3 is 0 Å². The van der Waals surface area contributed by atoms with Crippen LogP contribution in [0.15, 0.2) is 0 Å². The van der Waals surface area contributed by atoms with Gasteiger partial charge in [-0.2, -0.15) is 0 Å². The largest absolute Gasteiger partial charge is 0.394 e. The quantitative estimate of drug-likeness (QED) is 0.677. The van der Waals surface area contributed by atoms with Crippen molar-refractivity contribution in [3.63, 3.8) is 0 Å². The summed E-state index contributed by atoms with van der Waals surface area (Å²) in [6.45, 7) is 6.89. The zero-order valence-corrected chi connectivity index (χ0v) is 9.84. The number of ketones is 1. The molecule has 0 spiro atoms. The molecule has 0 aromatic rings. The first-order chi connectivity index (χ1) is 6.44. The van der Waals surface area contributed by atoms with Gasteiger partial charge in [-0.15, -0.1) is 0 Å². The minimum atomic E-state index is -0.185. The zero-order chi connectivity index (χ0) is 11.2. The molecule has 0 atom stereocenters. The third-order valence-electron chi connectivity index (χ3n) is 2.76. The number of Topliss-reactive ketones (excluding diaryl/α,β-unsaturated/α-hetero) is 1. The predicted octanol–water partition coefficient (Wildman–Crippen LogP) is 1.45. The van der Waals surface area contributed by atoms with E-state index in [-0.39, 0.29) is 12.1 Å². The summed E-state index contributed by atoms with van der Waals surface area (Å²) >= 11 is 0. The van der Waals surface area contributed by atoms with Gasteiger partial charge in [-0.05, 0) is 33.9 Å². The zero-order valence-electron chi connectivity index (χ0n) is 9.84. The highest BCUT2D eigenvalue weighted by atomic mass is 16.3. The number of aliphatic hydroxyl groups is 1. The molecule has 0 saturated heterocycles. The fourth-order valence-corrected chi connectivity index (χ4v) is 1.11. The van der Waals surface area contributed by atoms with Crippen LogP contribution in [0.3, 0.4) is 0 Å². The van der Waals surface area contributed by atoms with Crippen molar-refractivity contribution in [1.82, 2.24) is 4.90 Å². The van der Waals surface area contributed by atoms with E-state index in [9.17, 15) is 4.79 Å². The highest BCUT2D eigenvalue weighted by molar-refractivity contribution is 5.77. The fraction of sp³-hybridized carbons (Fsp3) is 0.909. The van der Waals surface area contributed by atoms with E-state index >= 15 is 0 Å². The van der Waals surface area contributed by atoms with Crippen molar-refractivity contribution in [2.24, 2.45) is 0 Å². The van der Waals surface area contributed by atoms with Gasteiger partial charge in [-0.1, -0.05) is 6.92 Å². The van der Waals surface area contributed by atoms with Gasteiger partial charge in [-0.3, -0.25) is 9.69 Å². The SMILES string of the molecule is CCC(=O)CCCN(C)C(C)(C)CO. The smallest absolute Gasteiger partial charge is 0.132 e. The maximum atomic E-state index is 11.0. The van der Waals surface area contributed by atoms with Crippen LogP contribution in [0, 0.1) is 0 Å². The Bertz CT molecular complexity index is 178. The summed E-state index contributed by atoms with van der Waals surface area (Å²) in [5, 5.41) is 9.11. The molecule has 0 fully saturated rings. The normalized spacial score (nSPS) is 12.1. The Balaban J connectivity index is 3.74. The summed E-state index contributed by atoms with van der Waals surface area (Å²) < 4.78 is 0. The molecule has 0 aliphatic heterocycles. The predicted molar refractivity (Wildman–Crippen MR) is 58.3 cm³/mol. The Morgan fingerprint density at radius 2 is 2.00 bits per heavy atom. The van der Waals surface area contributed by atoms with Gasteiger partial charge < -0.3 is 5.11 Å². The second-order valence-corrected chi connectivity index (χ2v) is 4.39. The van der Waals surface area contributed by atoms with Gasteiger partial charge in [0.15, 0.2) is 0 Å². The lowest BCUT2D eigenvalue weighted by molar-refractivity contribution is -0.118. The van der Waals surface area contributed by atoms with E-state index in [2.05, 4.69) is 4.90 Å². The van der Waals surface area contributed by atoms with Gasteiger partial charge in [0.1, 0.15) is 5.78 Å². The molecule has 14 heavy (non-hydrogen) atoms. The van der Waals surface area contributed by atoms with Gasteiger partial charge in [-0.25, -0.2) is 0 Å². The summed E-state index contributed by atoms with van der Waals surface area (Å²) in [4.78, 5) is 13.1. The molecule has 0 aliphatic carbocycles. The van der Waals surface area contributed by atoms with Crippen LogP contribution in [0.4, 0.5) is 0 Å². The van der Waals surface area contributed by atoms with Crippen LogP contribution in [0.25, 0.3) is 0 Å². The fourth-order valence-electron chi connectivity index (χ4n) is 1.11. The van der Waals surface area contributed by atoms with Gasteiger partial charge in [0.2, 0.25) is 0 Å². The van der Waals surface area contributed by atoms with E-state index in [0.29, 0.717) is 18.6 Å². The number of likely N-dealkylation sites (N-methyl/N-ethyl adjacent to an activating group) is 1. The molecular formula is C11H23NO2. The maximum absolute atomic E-state index is 11.0. The van der Waals surface area contributed by atoms with Crippen LogP contribution in [0.2, 0.25) is 0 Å².